The van der Waals surface area contributed by atoms with Gasteiger partial charge in [-0.05, 0) is 12.1 Å². The van der Waals surface area contributed by atoms with Gasteiger partial charge in [0.15, 0.2) is 0 Å². The lowest BCUT2D eigenvalue weighted by atomic mass is 10.3. The first-order valence-corrected chi connectivity index (χ1v) is 7.11. The fraction of sp³-hybridized carbons (Fsp3) is 0.500. The van der Waals surface area contributed by atoms with E-state index in [2.05, 4.69) is 15.0 Å². The summed E-state index contributed by atoms with van der Waals surface area (Å²) in [7, 11) is -3.56. The smallest absolute Gasteiger partial charge is 0.302 e. The van der Waals surface area contributed by atoms with Gasteiger partial charge in [0.1, 0.15) is 5.82 Å². The van der Waals surface area contributed by atoms with E-state index in [4.69, 9.17) is 5.11 Å². The number of nitrogens with one attached hydrogen (secondary N) is 2. The van der Waals surface area contributed by atoms with Crippen LogP contribution in [0.3, 0.4) is 0 Å². The van der Waals surface area contributed by atoms with Crippen molar-refractivity contribution in [3.63, 3.8) is 0 Å². The van der Waals surface area contributed by atoms with Crippen molar-refractivity contribution in [2.24, 2.45) is 0 Å². The van der Waals surface area contributed by atoms with E-state index in [0.29, 0.717) is 31.9 Å². The Balaban J connectivity index is 2.11. The molecule has 2 heterocycles. The predicted octanol–water partition coefficient (Wildman–Crippen LogP) is -0.864. The lowest BCUT2D eigenvalue weighted by molar-refractivity contribution is 0.277. The van der Waals surface area contributed by atoms with Crippen LogP contribution in [0.5, 0.6) is 0 Å². The molecular formula is C10H16N4O3S. The number of hydrogen-bond donors (Lipinski definition) is 3. The third-order valence-corrected chi connectivity index (χ3v) is 4.13. The van der Waals surface area contributed by atoms with E-state index in [-0.39, 0.29) is 12.4 Å². The van der Waals surface area contributed by atoms with Gasteiger partial charge in [-0.15, -0.1) is 0 Å². The van der Waals surface area contributed by atoms with Crippen LogP contribution in [0.1, 0.15) is 5.69 Å². The first-order chi connectivity index (χ1) is 8.62. The number of nitrogens with zero attached hydrogens (tertiary/aromatic N) is 2. The molecule has 18 heavy (non-hydrogen) atoms. The summed E-state index contributed by atoms with van der Waals surface area (Å²) in [5, 5.41) is 12.0. The van der Waals surface area contributed by atoms with Crippen LogP contribution in [0.25, 0.3) is 0 Å². The van der Waals surface area contributed by atoms with Crippen LogP contribution in [0, 0.1) is 0 Å². The maximum Gasteiger partial charge on any atom is 0.302 e. The van der Waals surface area contributed by atoms with Crippen LogP contribution in [-0.4, -0.2) is 49.0 Å². The molecule has 1 saturated heterocycles. The van der Waals surface area contributed by atoms with Gasteiger partial charge in [-0.3, -0.25) is 4.72 Å². The molecule has 0 aliphatic carbocycles. The molecule has 0 saturated carbocycles. The van der Waals surface area contributed by atoms with E-state index >= 15 is 0 Å². The molecule has 1 aliphatic heterocycles. The molecule has 1 aromatic rings. The Kier molecular flexibility index (Phi) is 4.12. The monoisotopic (exact) mass is 272 g/mol. The van der Waals surface area contributed by atoms with Crippen LogP contribution in [-0.2, 0) is 16.8 Å². The highest BCUT2D eigenvalue weighted by Gasteiger charge is 2.23. The Morgan fingerprint density at radius 2 is 2.11 bits per heavy atom. The zero-order valence-corrected chi connectivity index (χ0v) is 10.7. The van der Waals surface area contributed by atoms with Gasteiger partial charge >= 0.3 is 10.2 Å². The van der Waals surface area contributed by atoms with Gasteiger partial charge in [0.2, 0.25) is 0 Å². The highest BCUT2D eigenvalue weighted by Crippen LogP contribution is 2.10. The number of aromatic nitrogens is 1. The Labute approximate surface area is 106 Å². The fourth-order valence-corrected chi connectivity index (χ4v) is 2.88. The second-order valence-electron chi connectivity index (χ2n) is 3.93. The maximum atomic E-state index is 12.0. The van der Waals surface area contributed by atoms with Crippen molar-refractivity contribution in [1.82, 2.24) is 14.6 Å². The molecule has 8 heteroatoms. The summed E-state index contributed by atoms with van der Waals surface area (Å²) in [4.78, 5) is 3.99. The summed E-state index contributed by atoms with van der Waals surface area (Å²) >= 11 is 0. The van der Waals surface area contributed by atoms with E-state index in [0.717, 1.165) is 0 Å². The topological polar surface area (TPSA) is 94.6 Å². The van der Waals surface area contributed by atoms with E-state index in [1.807, 2.05) is 0 Å². The van der Waals surface area contributed by atoms with Crippen LogP contribution < -0.4 is 10.0 Å². The summed E-state index contributed by atoms with van der Waals surface area (Å²) in [5.74, 6) is 0.222. The normalized spacial score (nSPS) is 17.6. The Morgan fingerprint density at radius 1 is 1.39 bits per heavy atom. The standard InChI is InChI=1S/C10H16N4O3S/c15-8-9-2-1-3-10(12-9)13-18(16,17)14-6-4-11-5-7-14/h1-3,11,15H,4-8H2,(H,12,13). The van der Waals surface area contributed by atoms with Crippen molar-refractivity contribution in [2.45, 2.75) is 6.61 Å². The SMILES string of the molecule is O=S(=O)(Nc1cccc(CO)n1)N1CCNCC1. The molecule has 3 N–H and O–H groups in total. The van der Waals surface area contributed by atoms with E-state index < -0.39 is 10.2 Å². The Bertz CT molecular complexity index is 500. The van der Waals surface area contributed by atoms with Crippen LogP contribution in [0.15, 0.2) is 18.2 Å². The van der Waals surface area contributed by atoms with Gasteiger partial charge in [-0.25, -0.2) is 4.98 Å². The van der Waals surface area contributed by atoms with Gasteiger partial charge in [0, 0.05) is 26.2 Å². The molecule has 1 aliphatic rings. The predicted molar refractivity (Wildman–Crippen MR) is 67.1 cm³/mol. The number of piperazine rings is 1. The molecule has 7 nitrogen and oxygen atoms in total. The third kappa shape index (κ3) is 3.16. The molecule has 1 fully saturated rings. The van der Waals surface area contributed by atoms with Crippen LogP contribution >= 0.6 is 0 Å². The molecule has 100 valence electrons. The average molecular weight is 272 g/mol. The van der Waals surface area contributed by atoms with E-state index in [1.165, 1.54) is 4.31 Å². The van der Waals surface area contributed by atoms with Crippen molar-refractivity contribution in [2.75, 3.05) is 30.9 Å². The summed E-state index contributed by atoms with van der Waals surface area (Å²) in [6, 6.07) is 4.83. The largest absolute Gasteiger partial charge is 0.390 e. The van der Waals surface area contributed by atoms with Crippen molar-refractivity contribution in [3.05, 3.63) is 23.9 Å². The third-order valence-electron chi connectivity index (χ3n) is 2.62. The number of hydrogen-bond acceptors (Lipinski definition) is 5. The van der Waals surface area contributed by atoms with Crippen molar-refractivity contribution in [1.29, 1.82) is 0 Å². The molecule has 0 bridgehead atoms. The molecular weight excluding hydrogens is 256 g/mol. The first kappa shape index (κ1) is 13.2. The molecule has 0 atom stereocenters. The quantitative estimate of drug-likeness (QED) is 0.663. The minimum atomic E-state index is -3.56. The first-order valence-electron chi connectivity index (χ1n) is 5.67. The van der Waals surface area contributed by atoms with Crippen LogP contribution in [0.2, 0.25) is 0 Å². The zero-order valence-electron chi connectivity index (χ0n) is 9.83. The minimum absolute atomic E-state index is 0.219. The Morgan fingerprint density at radius 3 is 2.78 bits per heavy atom. The molecule has 2 rings (SSSR count). The summed E-state index contributed by atoms with van der Waals surface area (Å²) in [5.41, 5.74) is 0.426. The molecule has 0 spiro atoms. The second kappa shape index (κ2) is 5.61. The molecule has 0 unspecified atom stereocenters. The minimum Gasteiger partial charge on any atom is -0.390 e. The van der Waals surface area contributed by atoms with Gasteiger partial charge in [0.05, 0.1) is 12.3 Å². The molecule has 0 aromatic carbocycles. The average Bonchev–Trinajstić information content (AvgIpc) is 2.39. The highest BCUT2D eigenvalue weighted by molar-refractivity contribution is 7.90. The van der Waals surface area contributed by atoms with Crippen LogP contribution in [0.4, 0.5) is 5.82 Å². The fourth-order valence-electron chi connectivity index (χ4n) is 1.71. The van der Waals surface area contributed by atoms with Gasteiger partial charge in [0.25, 0.3) is 0 Å². The van der Waals surface area contributed by atoms with Gasteiger partial charge < -0.3 is 10.4 Å². The van der Waals surface area contributed by atoms with E-state index in [9.17, 15) is 8.42 Å². The second-order valence-corrected chi connectivity index (χ2v) is 5.60. The van der Waals surface area contributed by atoms with Crippen molar-refractivity contribution in [3.8, 4) is 0 Å². The Hall–Kier alpha value is -1.22. The maximum absolute atomic E-state index is 12.0. The van der Waals surface area contributed by atoms with Gasteiger partial charge in [-0.1, -0.05) is 6.07 Å². The highest BCUT2D eigenvalue weighted by atomic mass is 32.2. The summed E-state index contributed by atoms with van der Waals surface area (Å²) < 4.78 is 27.9. The summed E-state index contributed by atoms with van der Waals surface area (Å²) in [6.07, 6.45) is 0. The lowest BCUT2D eigenvalue weighted by Crippen LogP contribution is -2.48. The zero-order chi connectivity index (χ0) is 13.0. The number of anilines is 1. The lowest BCUT2D eigenvalue weighted by Gasteiger charge is -2.26. The number of pyridine rings is 1. The number of rotatable bonds is 4. The summed E-state index contributed by atoms with van der Waals surface area (Å²) in [6.45, 7) is 1.95. The van der Waals surface area contributed by atoms with E-state index in [1.54, 1.807) is 18.2 Å². The molecule has 1 aromatic heterocycles. The number of aliphatic hydroxyl groups is 1. The molecule has 0 amide bonds. The molecule has 0 radical (unpaired) electrons. The van der Waals surface area contributed by atoms with Crippen molar-refractivity contribution >= 4 is 16.0 Å². The van der Waals surface area contributed by atoms with Crippen molar-refractivity contribution < 1.29 is 13.5 Å². The number of aliphatic hydroxyl groups excluding tert-OH is 1. The van der Waals surface area contributed by atoms with Gasteiger partial charge in [-0.2, -0.15) is 12.7 Å².